The van der Waals surface area contributed by atoms with Crippen molar-refractivity contribution < 1.29 is 14.6 Å². The van der Waals surface area contributed by atoms with Crippen LogP contribution >= 0.6 is 0 Å². The number of benzene rings is 1. The monoisotopic (exact) mass is 346 g/mol. The zero-order chi connectivity index (χ0) is 17.6. The highest BCUT2D eigenvalue weighted by molar-refractivity contribution is 5.76. The molecule has 0 aromatic heterocycles. The standard InChI is InChI=1S/C20H30N2O3/c1-25-20(24)18(13-15-7-9-17(23)10-8-15)21-14-16-5-4-12-22-11-3-2-6-19(16)22/h7-10,16,18-19,21,23H,2-6,11-14H2,1H3/t16-,18-,19+/m0/s1. The van der Waals surface area contributed by atoms with Crippen LogP contribution in [0.15, 0.2) is 24.3 Å². The van der Waals surface area contributed by atoms with Gasteiger partial charge in [0.25, 0.3) is 0 Å². The lowest BCUT2D eigenvalue weighted by Crippen LogP contribution is -2.52. The number of phenols is 1. The fourth-order valence-electron chi connectivity index (χ4n) is 4.36. The van der Waals surface area contributed by atoms with Crippen LogP contribution in [-0.2, 0) is 16.0 Å². The Balaban J connectivity index is 1.60. The van der Waals surface area contributed by atoms with Gasteiger partial charge in [-0.3, -0.25) is 4.79 Å². The fraction of sp³-hybridized carbons (Fsp3) is 0.650. The Morgan fingerprint density at radius 3 is 2.76 bits per heavy atom. The average Bonchev–Trinajstić information content (AvgIpc) is 2.66. The van der Waals surface area contributed by atoms with Crippen molar-refractivity contribution in [2.75, 3.05) is 26.7 Å². The van der Waals surface area contributed by atoms with Crippen LogP contribution in [-0.4, -0.2) is 54.8 Å². The molecule has 5 nitrogen and oxygen atoms in total. The van der Waals surface area contributed by atoms with Gasteiger partial charge in [-0.1, -0.05) is 18.6 Å². The second-order valence-electron chi connectivity index (χ2n) is 7.36. The molecule has 25 heavy (non-hydrogen) atoms. The number of ether oxygens (including phenoxy) is 1. The Hall–Kier alpha value is -1.59. The van der Waals surface area contributed by atoms with E-state index in [1.165, 1.54) is 52.3 Å². The van der Waals surface area contributed by atoms with E-state index < -0.39 is 0 Å². The second kappa shape index (κ2) is 8.68. The quantitative estimate of drug-likeness (QED) is 0.774. The highest BCUT2D eigenvalue weighted by Gasteiger charge is 2.33. The van der Waals surface area contributed by atoms with Gasteiger partial charge in [-0.2, -0.15) is 0 Å². The van der Waals surface area contributed by atoms with E-state index in [1.54, 1.807) is 12.1 Å². The van der Waals surface area contributed by atoms with E-state index in [0.29, 0.717) is 18.4 Å². The minimum absolute atomic E-state index is 0.218. The Morgan fingerprint density at radius 1 is 1.24 bits per heavy atom. The molecule has 2 N–H and O–H groups in total. The van der Waals surface area contributed by atoms with Gasteiger partial charge in [0.05, 0.1) is 7.11 Å². The highest BCUT2D eigenvalue weighted by atomic mass is 16.5. The van der Waals surface area contributed by atoms with Gasteiger partial charge in [0.2, 0.25) is 0 Å². The number of hydrogen-bond donors (Lipinski definition) is 2. The van der Waals surface area contributed by atoms with Crippen molar-refractivity contribution in [1.29, 1.82) is 0 Å². The second-order valence-corrected chi connectivity index (χ2v) is 7.36. The molecule has 0 unspecified atom stereocenters. The number of nitrogens with one attached hydrogen (secondary N) is 1. The molecule has 0 bridgehead atoms. The lowest BCUT2D eigenvalue weighted by molar-refractivity contribution is -0.143. The molecular weight excluding hydrogens is 316 g/mol. The minimum Gasteiger partial charge on any atom is -0.508 e. The van der Waals surface area contributed by atoms with Crippen molar-refractivity contribution in [3.05, 3.63) is 29.8 Å². The molecule has 0 aliphatic carbocycles. The van der Waals surface area contributed by atoms with Gasteiger partial charge >= 0.3 is 5.97 Å². The smallest absolute Gasteiger partial charge is 0.323 e. The van der Waals surface area contributed by atoms with E-state index in [9.17, 15) is 9.90 Å². The number of piperidine rings is 2. The largest absolute Gasteiger partial charge is 0.508 e. The molecule has 1 aromatic rings. The summed E-state index contributed by atoms with van der Waals surface area (Å²) < 4.78 is 4.99. The first-order valence-electron chi connectivity index (χ1n) is 9.50. The predicted molar refractivity (Wildman–Crippen MR) is 97.6 cm³/mol. The third kappa shape index (κ3) is 4.73. The number of carbonyl (C=O) groups is 1. The van der Waals surface area contributed by atoms with Crippen LogP contribution < -0.4 is 5.32 Å². The molecule has 0 saturated carbocycles. The summed E-state index contributed by atoms with van der Waals surface area (Å²) in [6.45, 7) is 3.32. The van der Waals surface area contributed by atoms with Crippen LogP contribution in [0.1, 0.15) is 37.7 Å². The van der Waals surface area contributed by atoms with Crippen LogP contribution in [0.3, 0.4) is 0 Å². The molecule has 3 atom stereocenters. The maximum Gasteiger partial charge on any atom is 0.323 e. The third-order valence-corrected chi connectivity index (χ3v) is 5.72. The summed E-state index contributed by atoms with van der Waals surface area (Å²) in [6, 6.07) is 7.36. The van der Waals surface area contributed by atoms with Crippen molar-refractivity contribution in [3.8, 4) is 5.75 Å². The number of carbonyl (C=O) groups excluding carboxylic acids is 1. The predicted octanol–water partition coefficient (Wildman–Crippen LogP) is 2.33. The molecule has 2 fully saturated rings. The molecule has 2 saturated heterocycles. The molecule has 138 valence electrons. The lowest BCUT2D eigenvalue weighted by Gasteiger charge is -2.44. The fourth-order valence-corrected chi connectivity index (χ4v) is 4.36. The first-order chi connectivity index (χ1) is 12.2. The topological polar surface area (TPSA) is 61.8 Å². The molecule has 5 heteroatoms. The molecule has 2 aliphatic rings. The summed E-state index contributed by atoms with van der Waals surface area (Å²) in [4.78, 5) is 14.8. The Bertz CT molecular complexity index is 559. The SMILES string of the molecule is COC(=O)[C@H](Cc1ccc(O)cc1)NC[C@@H]1CCCN2CCCC[C@H]12. The first kappa shape index (κ1) is 18.2. The van der Waals surface area contributed by atoms with Crippen molar-refractivity contribution in [2.24, 2.45) is 5.92 Å². The number of nitrogens with zero attached hydrogens (tertiary/aromatic N) is 1. The van der Waals surface area contributed by atoms with E-state index in [-0.39, 0.29) is 17.8 Å². The molecule has 0 radical (unpaired) electrons. The number of hydrogen-bond acceptors (Lipinski definition) is 5. The van der Waals surface area contributed by atoms with Crippen LogP contribution in [0.5, 0.6) is 5.75 Å². The molecule has 0 amide bonds. The van der Waals surface area contributed by atoms with Gasteiger partial charge in [-0.05, 0) is 68.8 Å². The summed E-state index contributed by atoms with van der Waals surface area (Å²) in [6.07, 6.45) is 7.00. The highest BCUT2D eigenvalue weighted by Crippen LogP contribution is 2.30. The first-order valence-corrected chi connectivity index (χ1v) is 9.50. The Labute approximate surface area is 150 Å². The van der Waals surface area contributed by atoms with Crippen LogP contribution in [0.2, 0.25) is 0 Å². The van der Waals surface area contributed by atoms with Crippen molar-refractivity contribution in [3.63, 3.8) is 0 Å². The maximum atomic E-state index is 12.2. The molecule has 3 rings (SSSR count). The Morgan fingerprint density at radius 2 is 2.00 bits per heavy atom. The maximum absolute atomic E-state index is 12.2. The van der Waals surface area contributed by atoms with E-state index in [4.69, 9.17) is 4.74 Å². The number of fused-ring (bicyclic) bond motifs is 1. The zero-order valence-corrected chi connectivity index (χ0v) is 15.1. The number of rotatable bonds is 6. The van der Waals surface area contributed by atoms with Gasteiger partial charge < -0.3 is 20.1 Å². The molecule has 0 spiro atoms. The summed E-state index contributed by atoms with van der Waals surface area (Å²) in [7, 11) is 1.44. The zero-order valence-electron chi connectivity index (χ0n) is 15.1. The number of methoxy groups -OCH3 is 1. The number of phenolic OH excluding ortho intramolecular Hbond substituents is 1. The van der Waals surface area contributed by atoms with E-state index in [0.717, 1.165) is 12.1 Å². The lowest BCUT2D eigenvalue weighted by atomic mass is 9.83. The third-order valence-electron chi connectivity index (χ3n) is 5.72. The Kier molecular flexibility index (Phi) is 6.32. The number of esters is 1. The van der Waals surface area contributed by atoms with E-state index in [1.807, 2.05) is 12.1 Å². The van der Waals surface area contributed by atoms with Crippen molar-refractivity contribution in [2.45, 2.75) is 50.6 Å². The molecule has 2 heterocycles. The molecular formula is C20H30N2O3. The van der Waals surface area contributed by atoms with Gasteiger partial charge in [0, 0.05) is 12.6 Å². The van der Waals surface area contributed by atoms with Crippen LogP contribution in [0, 0.1) is 5.92 Å². The summed E-state index contributed by atoms with van der Waals surface area (Å²) in [5, 5.41) is 12.9. The summed E-state index contributed by atoms with van der Waals surface area (Å²) in [5.41, 5.74) is 1.02. The summed E-state index contributed by atoms with van der Waals surface area (Å²) >= 11 is 0. The summed E-state index contributed by atoms with van der Waals surface area (Å²) in [5.74, 6) is 0.635. The van der Waals surface area contributed by atoms with Gasteiger partial charge in [-0.15, -0.1) is 0 Å². The molecule has 1 aromatic carbocycles. The van der Waals surface area contributed by atoms with E-state index in [2.05, 4.69) is 10.2 Å². The number of aromatic hydroxyl groups is 1. The minimum atomic E-state index is -0.339. The van der Waals surface area contributed by atoms with Crippen molar-refractivity contribution >= 4 is 5.97 Å². The van der Waals surface area contributed by atoms with Gasteiger partial charge in [-0.25, -0.2) is 0 Å². The van der Waals surface area contributed by atoms with Gasteiger partial charge in [0.15, 0.2) is 0 Å². The van der Waals surface area contributed by atoms with Crippen molar-refractivity contribution in [1.82, 2.24) is 10.2 Å². The average molecular weight is 346 g/mol. The van der Waals surface area contributed by atoms with Crippen LogP contribution in [0.4, 0.5) is 0 Å². The van der Waals surface area contributed by atoms with Crippen LogP contribution in [0.25, 0.3) is 0 Å². The van der Waals surface area contributed by atoms with Gasteiger partial charge in [0.1, 0.15) is 11.8 Å². The van der Waals surface area contributed by atoms with E-state index >= 15 is 0 Å². The molecule has 2 aliphatic heterocycles. The normalized spacial score (nSPS) is 25.2.